The Morgan fingerprint density at radius 3 is 2.88 bits per heavy atom. The topological polar surface area (TPSA) is 70.8 Å². The Kier molecular flexibility index (Phi) is 2.63. The highest BCUT2D eigenvalue weighted by molar-refractivity contribution is 5.71. The molecule has 0 N–H and O–H groups in total. The van der Waals surface area contributed by atoms with Gasteiger partial charge in [-0.1, -0.05) is 0 Å². The molecule has 16 heavy (non-hydrogen) atoms. The Labute approximate surface area is 93.4 Å². The molecule has 0 aromatic rings. The lowest BCUT2D eigenvalue weighted by Gasteiger charge is -2.20. The van der Waals surface area contributed by atoms with Crippen molar-refractivity contribution in [2.24, 2.45) is 0 Å². The summed E-state index contributed by atoms with van der Waals surface area (Å²) in [6.45, 7) is 3.56. The highest BCUT2D eigenvalue weighted by Crippen LogP contribution is 2.33. The number of methoxy groups -OCH3 is 1. The third kappa shape index (κ3) is 1.90. The Morgan fingerprint density at radius 2 is 2.25 bits per heavy atom. The predicted molar refractivity (Wildman–Crippen MR) is 53.9 cm³/mol. The third-order valence-corrected chi connectivity index (χ3v) is 2.77. The molecule has 6 nitrogen and oxygen atoms in total. The number of hydrogen-bond donors (Lipinski definition) is 0. The normalized spacial score (nSPS) is 35.7. The molecule has 1 saturated heterocycles. The van der Waals surface area contributed by atoms with E-state index in [2.05, 4.69) is 4.74 Å². The van der Waals surface area contributed by atoms with Gasteiger partial charge < -0.3 is 19.4 Å². The molecule has 0 radical (unpaired) electrons. The number of nitrogens with zero attached hydrogens (tertiary/aromatic N) is 1. The monoisotopic (exact) mass is 229 g/mol. The molecule has 0 spiro atoms. The van der Waals surface area contributed by atoms with Crippen molar-refractivity contribution in [1.82, 2.24) is 0 Å². The molecule has 3 atom stereocenters. The van der Waals surface area contributed by atoms with Crippen LogP contribution in [0.2, 0.25) is 0 Å². The summed E-state index contributed by atoms with van der Waals surface area (Å²) in [5.41, 5.74) is 0. The first kappa shape index (κ1) is 11.3. The Hall–Kier alpha value is -1.14. The summed E-state index contributed by atoms with van der Waals surface area (Å²) in [6.07, 6.45) is 0.651. The molecule has 0 aromatic heterocycles. The van der Waals surface area contributed by atoms with Gasteiger partial charge in [-0.25, -0.2) is 4.74 Å². The van der Waals surface area contributed by atoms with Crippen LogP contribution < -0.4 is 0 Å². The number of fused-ring (bicyclic) bond motifs is 1. The van der Waals surface area contributed by atoms with Gasteiger partial charge in [0.15, 0.2) is 24.2 Å². The van der Waals surface area contributed by atoms with E-state index in [0.717, 1.165) is 4.74 Å². The molecule has 2 rings (SSSR count). The maximum Gasteiger partial charge on any atom is 0.312 e. The average Bonchev–Trinajstić information content (AvgIpc) is 2.60. The number of ether oxygens (including phenoxy) is 3. The first-order chi connectivity index (χ1) is 7.43. The number of rotatable bonds is 2. The van der Waals surface area contributed by atoms with E-state index in [1.807, 2.05) is 0 Å². The van der Waals surface area contributed by atoms with E-state index >= 15 is 0 Å². The molecule has 0 saturated carbocycles. The predicted octanol–water partition coefficient (Wildman–Crippen LogP) is 0.0329. The molecule has 0 amide bonds. The number of esters is 1. The van der Waals surface area contributed by atoms with Crippen LogP contribution in [0.4, 0.5) is 0 Å². The van der Waals surface area contributed by atoms with Gasteiger partial charge >= 0.3 is 5.97 Å². The van der Waals surface area contributed by atoms with E-state index in [9.17, 15) is 10.0 Å². The quantitative estimate of drug-likeness (QED) is 0.379. The molecule has 2 heterocycles. The third-order valence-electron chi connectivity index (χ3n) is 2.77. The van der Waals surface area contributed by atoms with Gasteiger partial charge in [0.05, 0.1) is 7.11 Å². The van der Waals surface area contributed by atoms with Gasteiger partial charge in [0, 0.05) is 0 Å². The minimum atomic E-state index is -0.707. The second kappa shape index (κ2) is 3.71. The van der Waals surface area contributed by atoms with Crippen LogP contribution in [0.3, 0.4) is 0 Å². The van der Waals surface area contributed by atoms with E-state index in [1.165, 1.54) is 13.3 Å². The lowest BCUT2D eigenvalue weighted by molar-refractivity contribution is -0.500. The fourth-order valence-corrected chi connectivity index (χ4v) is 2.09. The average molecular weight is 229 g/mol. The zero-order valence-corrected chi connectivity index (χ0v) is 9.50. The van der Waals surface area contributed by atoms with Crippen molar-refractivity contribution in [3.05, 3.63) is 5.21 Å². The Balaban J connectivity index is 2.10. The summed E-state index contributed by atoms with van der Waals surface area (Å²) in [6, 6.07) is -0.556. The summed E-state index contributed by atoms with van der Waals surface area (Å²) < 4.78 is 16.4. The molecular formula is C10H15NO5. The summed E-state index contributed by atoms with van der Waals surface area (Å²) in [7, 11) is 1.30. The molecule has 0 aromatic carbocycles. The summed E-state index contributed by atoms with van der Waals surface area (Å²) in [5, 5.41) is 11.5. The second-order valence-corrected chi connectivity index (χ2v) is 4.42. The smallest absolute Gasteiger partial charge is 0.312 e. The maximum absolute atomic E-state index is 11.5. The molecule has 0 bridgehead atoms. The molecule has 90 valence electrons. The molecule has 2 aliphatic rings. The fraction of sp³-hybridized carbons (Fsp3) is 0.800. The van der Waals surface area contributed by atoms with Gasteiger partial charge in [-0.2, -0.15) is 0 Å². The maximum atomic E-state index is 11.5. The summed E-state index contributed by atoms with van der Waals surface area (Å²) in [4.78, 5) is 11.2. The van der Waals surface area contributed by atoms with Crippen LogP contribution >= 0.6 is 0 Å². The van der Waals surface area contributed by atoms with Crippen molar-refractivity contribution in [2.75, 3.05) is 7.11 Å². The van der Waals surface area contributed by atoms with E-state index in [4.69, 9.17) is 9.47 Å². The van der Waals surface area contributed by atoms with Crippen molar-refractivity contribution in [3.63, 3.8) is 0 Å². The van der Waals surface area contributed by atoms with Crippen molar-refractivity contribution in [2.45, 2.75) is 44.3 Å². The number of hydroxylamine groups is 1. The van der Waals surface area contributed by atoms with Crippen LogP contribution in [0.15, 0.2) is 0 Å². The first-order valence-corrected chi connectivity index (χ1v) is 5.16. The van der Waals surface area contributed by atoms with Gasteiger partial charge in [0.1, 0.15) is 6.42 Å². The molecule has 2 aliphatic heterocycles. The molecule has 1 fully saturated rings. The molecule has 0 unspecified atom stereocenters. The van der Waals surface area contributed by atoms with Crippen LogP contribution in [-0.4, -0.2) is 48.1 Å². The van der Waals surface area contributed by atoms with Crippen LogP contribution in [0.25, 0.3) is 0 Å². The molecular weight excluding hydrogens is 214 g/mol. The van der Waals surface area contributed by atoms with Gasteiger partial charge in [-0.05, 0) is 13.8 Å². The van der Waals surface area contributed by atoms with E-state index < -0.39 is 23.9 Å². The summed E-state index contributed by atoms with van der Waals surface area (Å²) >= 11 is 0. The SMILES string of the molecule is COC(=O)C[C@@H]1[C@H]2OC(C)(C)O[C@H]2C=[N+]1[O-]. The zero-order chi connectivity index (χ0) is 11.9. The van der Waals surface area contributed by atoms with Crippen LogP contribution in [-0.2, 0) is 19.0 Å². The van der Waals surface area contributed by atoms with Crippen LogP contribution in [0.1, 0.15) is 20.3 Å². The fourth-order valence-electron chi connectivity index (χ4n) is 2.09. The van der Waals surface area contributed by atoms with Crippen molar-refractivity contribution in [1.29, 1.82) is 0 Å². The number of hydrogen-bond acceptors (Lipinski definition) is 5. The lowest BCUT2D eigenvalue weighted by Crippen LogP contribution is -2.36. The van der Waals surface area contributed by atoms with E-state index in [1.54, 1.807) is 13.8 Å². The number of carbonyl (C=O) groups excluding carboxylic acids is 1. The molecule has 0 aliphatic carbocycles. The minimum Gasteiger partial charge on any atom is -0.624 e. The van der Waals surface area contributed by atoms with Crippen LogP contribution in [0, 0.1) is 5.21 Å². The second-order valence-electron chi connectivity index (χ2n) is 4.42. The van der Waals surface area contributed by atoms with Gasteiger partial charge in [0.25, 0.3) is 0 Å². The van der Waals surface area contributed by atoms with Gasteiger partial charge in [0.2, 0.25) is 6.04 Å². The van der Waals surface area contributed by atoms with Crippen LogP contribution in [0.5, 0.6) is 0 Å². The first-order valence-electron chi connectivity index (χ1n) is 5.16. The molecule has 6 heteroatoms. The van der Waals surface area contributed by atoms with Crippen molar-refractivity contribution >= 4 is 12.2 Å². The van der Waals surface area contributed by atoms with Gasteiger partial charge in [-0.3, -0.25) is 4.79 Å². The zero-order valence-electron chi connectivity index (χ0n) is 9.50. The number of carbonyl (C=O) groups is 1. The van der Waals surface area contributed by atoms with Crippen molar-refractivity contribution in [3.8, 4) is 0 Å². The lowest BCUT2D eigenvalue weighted by atomic mass is 10.1. The highest BCUT2D eigenvalue weighted by Gasteiger charge is 2.53. The van der Waals surface area contributed by atoms with Crippen molar-refractivity contribution < 1.29 is 23.7 Å². The Bertz CT molecular complexity index is 338. The minimum absolute atomic E-state index is 0.0110. The van der Waals surface area contributed by atoms with Gasteiger partial charge in [-0.15, -0.1) is 0 Å². The standard InChI is InChI=1S/C10H15NO5/c1-10(2)15-7-5-11(13)6(9(7)16-10)4-8(12)14-3/h5-7,9H,4H2,1-3H3/t6-,7+,9-/m1/s1. The largest absolute Gasteiger partial charge is 0.624 e. The Morgan fingerprint density at radius 1 is 1.56 bits per heavy atom. The summed E-state index contributed by atoms with van der Waals surface area (Å²) in [5.74, 6) is -1.13. The van der Waals surface area contributed by atoms with E-state index in [-0.39, 0.29) is 12.5 Å². The highest BCUT2D eigenvalue weighted by atomic mass is 16.8. The van der Waals surface area contributed by atoms with E-state index in [0.29, 0.717) is 0 Å².